The van der Waals surface area contributed by atoms with Crippen LogP contribution in [0, 0.1) is 32.5 Å². The van der Waals surface area contributed by atoms with E-state index in [0.717, 1.165) is 45.5 Å². The predicted octanol–water partition coefficient (Wildman–Crippen LogP) is 5.47. The number of benzene rings is 1. The number of anilines is 2. The van der Waals surface area contributed by atoms with Crippen molar-refractivity contribution < 1.29 is 4.39 Å². The van der Waals surface area contributed by atoms with E-state index < -0.39 is 0 Å². The van der Waals surface area contributed by atoms with Gasteiger partial charge in [0.2, 0.25) is 0 Å². The van der Waals surface area contributed by atoms with Gasteiger partial charge in [-0.2, -0.15) is 10.2 Å². The first-order valence-electron chi connectivity index (χ1n) is 11.0. The number of nitrogens with zero attached hydrogens (tertiary/aromatic N) is 6. The van der Waals surface area contributed by atoms with Crippen LogP contribution in [0.1, 0.15) is 29.8 Å². The molecular formula is C24H26FN7S. The summed E-state index contributed by atoms with van der Waals surface area (Å²) in [4.78, 5) is 10.1. The van der Waals surface area contributed by atoms with Gasteiger partial charge in [0.15, 0.2) is 5.82 Å². The molecule has 1 aromatic carbocycles. The fourth-order valence-electron chi connectivity index (χ4n) is 4.07. The first-order chi connectivity index (χ1) is 15.9. The van der Waals surface area contributed by atoms with Crippen LogP contribution in [0.25, 0.3) is 17.1 Å². The smallest absolute Gasteiger partial charge is 0.159 e. The maximum absolute atomic E-state index is 13.4. The van der Waals surface area contributed by atoms with Crippen LogP contribution in [-0.4, -0.2) is 35.8 Å². The van der Waals surface area contributed by atoms with Gasteiger partial charge in [0.25, 0.3) is 0 Å². The monoisotopic (exact) mass is 463 g/mol. The van der Waals surface area contributed by atoms with Crippen molar-refractivity contribution in [2.45, 2.75) is 45.1 Å². The Morgan fingerprint density at radius 2 is 1.85 bits per heavy atom. The van der Waals surface area contributed by atoms with E-state index in [1.807, 2.05) is 36.2 Å². The highest BCUT2D eigenvalue weighted by Gasteiger charge is 2.26. The molecule has 0 saturated heterocycles. The Balaban J connectivity index is 1.51. The molecule has 1 saturated carbocycles. The summed E-state index contributed by atoms with van der Waals surface area (Å²) in [6, 6.07) is 8.37. The fraction of sp³-hybridized carbons (Fsp3) is 0.333. The van der Waals surface area contributed by atoms with Crippen LogP contribution in [0.5, 0.6) is 0 Å². The van der Waals surface area contributed by atoms with Gasteiger partial charge < -0.3 is 5.32 Å². The lowest BCUT2D eigenvalue weighted by Gasteiger charge is -2.11. The van der Waals surface area contributed by atoms with Crippen LogP contribution >= 0.6 is 11.8 Å². The van der Waals surface area contributed by atoms with Gasteiger partial charge in [-0.1, -0.05) is 0 Å². The highest BCUT2D eigenvalue weighted by atomic mass is 32.2. The quantitative estimate of drug-likeness (QED) is 0.367. The van der Waals surface area contributed by atoms with E-state index in [0.29, 0.717) is 17.6 Å². The van der Waals surface area contributed by atoms with Gasteiger partial charge in [-0.15, -0.1) is 11.8 Å². The number of thioether (sulfide) groups is 1. The Labute approximate surface area is 196 Å². The number of nitrogens with one attached hydrogen (secondary N) is 1. The Bertz CT molecular complexity index is 1310. The fourth-order valence-corrected chi connectivity index (χ4v) is 4.79. The zero-order valence-electron chi connectivity index (χ0n) is 19.1. The van der Waals surface area contributed by atoms with Crippen LogP contribution in [0.2, 0.25) is 0 Å². The SMILES string of the molecule is CSc1c(C)nn(-c2cc(Nc3c(C)c(-c4ccc(F)cc4)nn3CC3CC3)ncn2)c1C. The molecule has 0 spiro atoms. The second kappa shape index (κ2) is 8.62. The van der Waals surface area contributed by atoms with Gasteiger partial charge in [0.1, 0.15) is 23.8 Å². The minimum Gasteiger partial charge on any atom is -0.325 e. The van der Waals surface area contributed by atoms with Crippen LogP contribution < -0.4 is 5.32 Å². The Hall–Kier alpha value is -3.20. The summed E-state index contributed by atoms with van der Waals surface area (Å²) in [5.74, 6) is 2.66. The van der Waals surface area contributed by atoms with Crippen molar-refractivity contribution in [1.29, 1.82) is 0 Å². The molecule has 7 nitrogen and oxygen atoms in total. The standard InChI is InChI=1S/C24H26FN7S/c1-14-22(18-7-9-19(25)10-8-18)30-31(12-17-5-6-17)24(14)28-20-11-21(27-13-26-20)32-16(3)23(33-4)15(2)29-32/h7-11,13,17H,5-6,12H2,1-4H3,(H,26,27,28). The molecule has 9 heteroatoms. The van der Waals surface area contributed by atoms with Crippen LogP contribution in [0.15, 0.2) is 41.6 Å². The number of halogens is 1. The maximum atomic E-state index is 13.4. The summed E-state index contributed by atoms with van der Waals surface area (Å²) in [5, 5.41) is 13.0. The number of hydrogen-bond donors (Lipinski definition) is 1. The third kappa shape index (κ3) is 4.25. The maximum Gasteiger partial charge on any atom is 0.159 e. The molecule has 0 radical (unpaired) electrons. The molecule has 4 aromatic rings. The average Bonchev–Trinajstić information content (AvgIpc) is 3.52. The molecule has 1 aliphatic rings. The van der Waals surface area contributed by atoms with Gasteiger partial charge >= 0.3 is 0 Å². The van der Waals surface area contributed by atoms with Crippen LogP contribution in [0.4, 0.5) is 16.0 Å². The molecule has 3 aromatic heterocycles. The highest BCUT2D eigenvalue weighted by Crippen LogP contribution is 2.35. The first-order valence-corrected chi connectivity index (χ1v) is 12.2. The normalized spacial score (nSPS) is 13.5. The summed E-state index contributed by atoms with van der Waals surface area (Å²) >= 11 is 1.68. The molecule has 1 aliphatic carbocycles. The first kappa shape index (κ1) is 21.6. The molecule has 0 atom stereocenters. The Kier molecular flexibility index (Phi) is 5.65. The molecule has 0 aliphatic heterocycles. The molecule has 5 rings (SSSR count). The second-order valence-corrected chi connectivity index (χ2v) is 9.27. The van der Waals surface area contributed by atoms with Gasteiger partial charge in [-0.25, -0.2) is 23.7 Å². The third-order valence-electron chi connectivity index (χ3n) is 5.98. The summed E-state index contributed by atoms with van der Waals surface area (Å²) in [6.45, 7) is 6.93. The van der Waals surface area contributed by atoms with E-state index in [1.54, 1.807) is 30.2 Å². The predicted molar refractivity (Wildman–Crippen MR) is 129 cm³/mol. The molecule has 0 bridgehead atoms. The van der Waals surface area contributed by atoms with Crippen molar-refractivity contribution in [2.75, 3.05) is 11.6 Å². The minimum atomic E-state index is -0.255. The summed E-state index contributed by atoms with van der Waals surface area (Å²) in [6.07, 6.45) is 6.04. The average molecular weight is 464 g/mol. The van der Waals surface area contributed by atoms with E-state index in [-0.39, 0.29) is 5.82 Å². The van der Waals surface area contributed by atoms with Gasteiger partial charge in [0.05, 0.1) is 22.0 Å². The van der Waals surface area contributed by atoms with Gasteiger partial charge in [-0.05, 0) is 70.1 Å². The van der Waals surface area contributed by atoms with E-state index in [9.17, 15) is 4.39 Å². The number of aryl methyl sites for hydroxylation is 1. The molecule has 170 valence electrons. The van der Waals surface area contributed by atoms with E-state index in [4.69, 9.17) is 5.10 Å². The zero-order chi connectivity index (χ0) is 23.1. The third-order valence-corrected chi connectivity index (χ3v) is 6.98. The lowest BCUT2D eigenvalue weighted by Crippen LogP contribution is -2.09. The van der Waals surface area contributed by atoms with Crippen molar-refractivity contribution in [2.24, 2.45) is 5.92 Å². The largest absolute Gasteiger partial charge is 0.325 e. The molecule has 33 heavy (non-hydrogen) atoms. The summed E-state index contributed by atoms with van der Waals surface area (Å²) < 4.78 is 17.3. The van der Waals surface area contributed by atoms with E-state index in [2.05, 4.69) is 26.6 Å². The number of hydrogen-bond acceptors (Lipinski definition) is 6. The summed E-state index contributed by atoms with van der Waals surface area (Å²) in [7, 11) is 0. The minimum absolute atomic E-state index is 0.255. The van der Waals surface area contributed by atoms with Gasteiger partial charge in [0, 0.05) is 23.7 Å². The van der Waals surface area contributed by atoms with Crippen molar-refractivity contribution >= 4 is 23.4 Å². The Morgan fingerprint density at radius 1 is 1.09 bits per heavy atom. The summed E-state index contributed by atoms with van der Waals surface area (Å²) in [5.41, 5.74) is 4.77. The van der Waals surface area contributed by atoms with Crippen LogP contribution in [0.3, 0.4) is 0 Å². The van der Waals surface area contributed by atoms with Crippen molar-refractivity contribution in [3.05, 3.63) is 59.4 Å². The molecule has 0 unspecified atom stereocenters. The molecular weight excluding hydrogens is 437 g/mol. The van der Waals surface area contributed by atoms with E-state index >= 15 is 0 Å². The lowest BCUT2D eigenvalue weighted by molar-refractivity contribution is 0.571. The molecule has 0 amide bonds. The highest BCUT2D eigenvalue weighted by molar-refractivity contribution is 7.98. The van der Waals surface area contributed by atoms with Crippen molar-refractivity contribution in [1.82, 2.24) is 29.5 Å². The number of rotatable bonds is 7. The molecule has 1 N–H and O–H groups in total. The van der Waals surface area contributed by atoms with Gasteiger partial charge in [-0.3, -0.25) is 0 Å². The van der Waals surface area contributed by atoms with Crippen molar-refractivity contribution in [3.63, 3.8) is 0 Å². The second-order valence-electron chi connectivity index (χ2n) is 8.46. The van der Waals surface area contributed by atoms with Crippen molar-refractivity contribution in [3.8, 4) is 17.1 Å². The molecule has 1 fully saturated rings. The van der Waals surface area contributed by atoms with Crippen LogP contribution in [-0.2, 0) is 6.54 Å². The lowest BCUT2D eigenvalue weighted by atomic mass is 10.1. The van der Waals surface area contributed by atoms with E-state index in [1.165, 1.54) is 25.0 Å². The topological polar surface area (TPSA) is 73.5 Å². The number of aromatic nitrogens is 6. The molecule has 3 heterocycles. The Morgan fingerprint density at radius 3 is 2.52 bits per heavy atom. The zero-order valence-corrected chi connectivity index (χ0v) is 19.9.